The lowest BCUT2D eigenvalue weighted by atomic mass is 10.1. The number of anilines is 1. The molecule has 0 radical (unpaired) electrons. The lowest BCUT2D eigenvalue weighted by Gasteiger charge is -2.11. The van der Waals surface area contributed by atoms with Crippen molar-refractivity contribution in [3.8, 4) is 11.8 Å². The number of hydrogen-bond acceptors (Lipinski definition) is 4. The van der Waals surface area contributed by atoms with Gasteiger partial charge >= 0.3 is 0 Å². The maximum atomic E-state index is 8.82. The zero-order chi connectivity index (χ0) is 15.4. The van der Waals surface area contributed by atoms with Crippen LogP contribution in [0.25, 0.3) is 10.8 Å². The van der Waals surface area contributed by atoms with Crippen LogP contribution in [0.1, 0.15) is 5.56 Å². The van der Waals surface area contributed by atoms with Crippen molar-refractivity contribution < 1.29 is 4.74 Å². The van der Waals surface area contributed by atoms with Crippen molar-refractivity contribution in [2.45, 2.75) is 4.90 Å². The molecule has 0 atom stereocenters. The Morgan fingerprint density at radius 1 is 0.955 bits per heavy atom. The monoisotopic (exact) mass is 306 g/mol. The van der Waals surface area contributed by atoms with Gasteiger partial charge in [0, 0.05) is 21.4 Å². The number of nitriles is 1. The third-order valence-corrected chi connectivity index (χ3v) is 4.27. The summed E-state index contributed by atoms with van der Waals surface area (Å²) in [6.45, 7) is 0. The van der Waals surface area contributed by atoms with Crippen LogP contribution in [0.5, 0.6) is 5.75 Å². The van der Waals surface area contributed by atoms with Gasteiger partial charge in [0.25, 0.3) is 0 Å². The maximum Gasteiger partial charge on any atom is 0.126 e. The lowest BCUT2D eigenvalue weighted by Crippen LogP contribution is -1.90. The van der Waals surface area contributed by atoms with Gasteiger partial charge in [-0.25, -0.2) is 0 Å². The molecule has 1 N–H and O–H groups in total. The second kappa shape index (κ2) is 6.42. The fourth-order valence-electron chi connectivity index (χ4n) is 2.24. The summed E-state index contributed by atoms with van der Waals surface area (Å²) in [5.41, 5.74) is 1.62. The first-order valence-corrected chi connectivity index (χ1v) is 7.62. The molecule has 4 heteroatoms. The number of methoxy groups -OCH3 is 1. The number of ether oxygens (including phenoxy) is 1. The van der Waals surface area contributed by atoms with Gasteiger partial charge in [-0.15, -0.1) is 0 Å². The molecule has 0 spiro atoms. The molecule has 0 amide bonds. The van der Waals surface area contributed by atoms with Crippen molar-refractivity contribution in [2.24, 2.45) is 0 Å². The van der Waals surface area contributed by atoms with Gasteiger partial charge in [0.15, 0.2) is 0 Å². The number of nitrogens with one attached hydrogen (secondary N) is 1. The van der Waals surface area contributed by atoms with Crippen LogP contribution >= 0.6 is 11.9 Å². The van der Waals surface area contributed by atoms with Crippen LogP contribution in [-0.2, 0) is 0 Å². The molecule has 3 aromatic carbocycles. The van der Waals surface area contributed by atoms with E-state index in [1.165, 1.54) is 0 Å². The van der Waals surface area contributed by atoms with E-state index < -0.39 is 0 Å². The summed E-state index contributed by atoms with van der Waals surface area (Å²) in [6.07, 6.45) is 0. The molecule has 0 aliphatic heterocycles. The topological polar surface area (TPSA) is 45.0 Å². The van der Waals surface area contributed by atoms with Crippen LogP contribution in [0.4, 0.5) is 5.69 Å². The number of fused-ring (bicyclic) bond motifs is 1. The van der Waals surface area contributed by atoms with Crippen molar-refractivity contribution in [2.75, 3.05) is 11.8 Å². The summed E-state index contributed by atoms with van der Waals surface area (Å²) < 4.78 is 8.72. The van der Waals surface area contributed by atoms with Gasteiger partial charge in [-0.05, 0) is 48.3 Å². The Morgan fingerprint density at radius 2 is 1.68 bits per heavy atom. The first-order chi connectivity index (χ1) is 10.8. The van der Waals surface area contributed by atoms with E-state index in [-0.39, 0.29) is 0 Å². The van der Waals surface area contributed by atoms with E-state index in [1.54, 1.807) is 31.2 Å². The zero-order valence-corrected chi connectivity index (χ0v) is 12.9. The second-order valence-electron chi connectivity index (χ2n) is 4.70. The predicted molar refractivity (Wildman–Crippen MR) is 91.1 cm³/mol. The Morgan fingerprint density at radius 3 is 2.36 bits per heavy atom. The highest BCUT2D eigenvalue weighted by Gasteiger charge is 2.06. The SMILES string of the molecule is COc1ccc(SNc2ccc(C#N)cc2)c2ccccc12. The molecule has 0 aliphatic carbocycles. The van der Waals surface area contributed by atoms with E-state index in [2.05, 4.69) is 22.9 Å². The average Bonchev–Trinajstić information content (AvgIpc) is 2.60. The van der Waals surface area contributed by atoms with Crippen molar-refractivity contribution in [3.05, 3.63) is 66.2 Å². The molecule has 0 bridgehead atoms. The Bertz CT molecular complexity index is 838. The molecule has 0 saturated heterocycles. The molecule has 3 aromatic rings. The van der Waals surface area contributed by atoms with Crippen LogP contribution < -0.4 is 9.46 Å². The minimum atomic E-state index is 0.658. The standard InChI is InChI=1S/C18H14N2OS/c1-21-17-10-11-18(16-5-3-2-4-15(16)17)22-20-14-8-6-13(12-19)7-9-14/h2-11,20H,1H3. The molecule has 0 aliphatic rings. The number of rotatable bonds is 4. The molecule has 0 fully saturated rings. The number of benzene rings is 3. The molecule has 0 aromatic heterocycles. The highest BCUT2D eigenvalue weighted by Crippen LogP contribution is 2.34. The van der Waals surface area contributed by atoms with E-state index in [4.69, 9.17) is 10.00 Å². The molecule has 0 heterocycles. The largest absolute Gasteiger partial charge is 0.496 e. The minimum absolute atomic E-state index is 0.658. The predicted octanol–water partition coefficient (Wildman–Crippen LogP) is 4.84. The van der Waals surface area contributed by atoms with Crippen LogP contribution in [0.3, 0.4) is 0 Å². The highest BCUT2D eigenvalue weighted by atomic mass is 32.2. The van der Waals surface area contributed by atoms with Crippen molar-refractivity contribution in [1.29, 1.82) is 5.26 Å². The molecule has 0 unspecified atom stereocenters. The zero-order valence-electron chi connectivity index (χ0n) is 12.0. The van der Waals surface area contributed by atoms with Crippen molar-refractivity contribution in [3.63, 3.8) is 0 Å². The van der Waals surface area contributed by atoms with Crippen LogP contribution in [0.15, 0.2) is 65.6 Å². The maximum absolute atomic E-state index is 8.82. The van der Waals surface area contributed by atoms with E-state index >= 15 is 0 Å². The molecule has 3 nitrogen and oxygen atoms in total. The smallest absolute Gasteiger partial charge is 0.126 e. The number of nitrogens with zero attached hydrogens (tertiary/aromatic N) is 1. The Kier molecular flexibility index (Phi) is 4.17. The van der Waals surface area contributed by atoms with Gasteiger partial charge < -0.3 is 9.46 Å². The van der Waals surface area contributed by atoms with Gasteiger partial charge in [-0.1, -0.05) is 24.3 Å². The van der Waals surface area contributed by atoms with E-state index in [1.807, 2.05) is 36.4 Å². The van der Waals surface area contributed by atoms with Gasteiger partial charge in [0.05, 0.1) is 18.7 Å². The molecular formula is C18H14N2OS. The summed E-state index contributed by atoms with van der Waals surface area (Å²) in [4.78, 5) is 1.13. The molecule has 3 rings (SSSR count). The number of hydrogen-bond donors (Lipinski definition) is 1. The van der Waals surface area contributed by atoms with E-state index in [0.717, 1.165) is 27.1 Å². The third-order valence-electron chi connectivity index (χ3n) is 3.36. The first kappa shape index (κ1) is 14.3. The van der Waals surface area contributed by atoms with Crippen LogP contribution in [0.2, 0.25) is 0 Å². The molecular weight excluding hydrogens is 292 g/mol. The van der Waals surface area contributed by atoms with E-state index in [9.17, 15) is 0 Å². The normalized spacial score (nSPS) is 10.2. The summed E-state index contributed by atoms with van der Waals surface area (Å²) >= 11 is 1.55. The Labute approximate surface area is 133 Å². The van der Waals surface area contributed by atoms with Crippen LogP contribution in [0, 0.1) is 11.3 Å². The average molecular weight is 306 g/mol. The fourth-order valence-corrected chi connectivity index (χ4v) is 3.03. The summed E-state index contributed by atoms with van der Waals surface area (Å²) in [7, 11) is 1.68. The fraction of sp³-hybridized carbons (Fsp3) is 0.0556. The molecule has 0 saturated carbocycles. The van der Waals surface area contributed by atoms with Crippen molar-refractivity contribution >= 4 is 28.4 Å². The molecule has 108 valence electrons. The van der Waals surface area contributed by atoms with Gasteiger partial charge in [0.1, 0.15) is 5.75 Å². The molecule has 22 heavy (non-hydrogen) atoms. The minimum Gasteiger partial charge on any atom is -0.496 e. The van der Waals surface area contributed by atoms with Crippen LogP contribution in [-0.4, -0.2) is 7.11 Å². The van der Waals surface area contributed by atoms with E-state index in [0.29, 0.717) is 5.56 Å². The quantitative estimate of drug-likeness (QED) is 0.701. The first-order valence-electron chi connectivity index (χ1n) is 6.80. The van der Waals surface area contributed by atoms with Crippen molar-refractivity contribution in [1.82, 2.24) is 0 Å². The third kappa shape index (κ3) is 2.85. The lowest BCUT2D eigenvalue weighted by molar-refractivity contribution is 0.419. The highest BCUT2D eigenvalue weighted by molar-refractivity contribution is 8.00. The Hall–Kier alpha value is -2.64. The Balaban J connectivity index is 1.86. The van der Waals surface area contributed by atoms with Gasteiger partial charge in [0.2, 0.25) is 0 Å². The summed E-state index contributed by atoms with van der Waals surface area (Å²) in [5, 5.41) is 11.1. The summed E-state index contributed by atoms with van der Waals surface area (Å²) in [5.74, 6) is 0.873. The summed E-state index contributed by atoms with van der Waals surface area (Å²) in [6, 6.07) is 21.7. The van der Waals surface area contributed by atoms with Gasteiger partial charge in [-0.2, -0.15) is 5.26 Å². The van der Waals surface area contributed by atoms with Gasteiger partial charge in [-0.3, -0.25) is 0 Å². The second-order valence-corrected chi connectivity index (χ2v) is 5.55.